The van der Waals surface area contributed by atoms with Crippen LogP contribution in [-0.2, 0) is 0 Å². The number of carbonyl (C=O) groups is 1. The average Bonchev–Trinajstić information content (AvgIpc) is 2.87. The van der Waals surface area contributed by atoms with Crippen molar-refractivity contribution >= 4 is 11.9 Å². The van der Waals surface area contributed by atoms with Crippen molar-refractivity contribution in [2.45, 2.75) is 20.0 Å². The molecule has 0 bridgehead atoms. The highest BCUT2D eigenvalue weighted by Gasteiger charge is 2.12. The summed E-state index contributed by atoms with van der Waals surface area (Å²) in [5.41, 5.74) is 5.44. The molecule has 2 aromatic heterocycles. The minimum atomic E-state index is -0.571. The zero-order chi connectivity index (χ0) is 14.7. The van der Waals surface area contributed by atoms with Crippen LogP contribution in [0.2, 0.25) is 0 Å². The van der Waals surface area contributed by atoms with E-state index in [1.165, 1.54) is 17.1 Å². The van der Waals surface area contributed by atoms with Crippen LogP contribution in [0.4, 0.5) is 5.95 Å². The van der Waals surface area contributed by atoms with Crippen molar-refractivity contribution in [1.29, 1.82) is 0 Å². The molecule has 3 N–H and O–H groups in total. The first kappa shape index (κ1) is 13.7. The summed E-state index contributed by atoms with van der Waals surface area (Å²) in [7, 11) is 1.68. The third-order valence-corrected chi connectivity index (χ3v) is 2.24. The number of nitrogens with zero attached hydrogens (tertiary/aromatic N) is 5. The lowest BCUT2D eigenvalue weighted by molar-refractivity contribution is 0.100. The Morgan fingerprint density at radius 1 is 1.40 bits per heavy atom. The molecule has 0 aliphatic carbocycles. The van der Waals surface area contributed by atoms with Gasteiger partial charge in [0, 0.05) is 13.2 Å². The summed E-state index contributed by atoms with van der Waals surface area (Å²) < 4.78 is 6.77. The molecular weight excluding hydrogens is 262 g/mol. The summed E-state index contributed by atoms with van der Waals surface area (Å²) in [6.45, 7) is 3.73. The molecular formula is C11H15N7O2. The Hall–Kier alpha value is -2.71. The van der Waals surface area contributed by atoms with Crippen molar-refractivity contribution in [1.82, 2.24) is 24.7 Å². The normalized spacial score (nSPS) is 10.6. The van der Waals surface area contributed by atoms with Crippen LogP contribution in [0, 0.1) is 0 Å². The molecule has 20 heavy (non-hydrogen) atoms. The number of nitrogens with one attached hydrogen (secondary N) is 1. The number of carbonyl (C=O) groups excluding carboxylic acids is 1. The van der Waals surface area contributed by atoms with Crippen molar-refractivity contribution in [3.63, 3.8) is 0 Å². The summed E-state index contributed by atoms with van der Waals surface area (Å²) in [5, 5.41) is 6.79. The maximum Gasteiger partial charge on any atom is 0.323 e. The largest absolute Gasteiger partial charge is 0.461 e. The van der Waals surface area contributed by atoms with E-state index in [1.807, 2.05) is 13.8 Å². The number of amides is 1. The molecule has 0 fully saturated rings. The minimum Gasteiger partial charge on any atom is -0.461 e. The zero-order valence-electron chi connectivity index (χ0n) is 11.4. The third kappa shape index (κ3) is 2.99. The molecule has 0 saturated heterocycles. The highest BCUT2D eigenvalue weighted by atomic mass is 16.5. The Morgan fingerprint density at radius 2 is 2.15 bits per heavy atom. The topological polar surface area (TPSA) is 121 Å². The summed E-state index contributed by atoms with van der Waals surface area (Å²) in [6.07, 6.45) is 2.71. The molecule has 0 aromatic carbocycles. The standard InChI is InChI=1S/C11H15N7O2/c1-6(2)20-11-16-9(13-3)15-10(17-11)18-5-7(4-14-18)8(12)19/h4-6H,1-3H3,(H2,12,19)(H,13,15,16,17). The Balaban J connectivity index is 2.40. The number of rotatable bonds is 5. The Labute approximate surface area is 115 Å². The second kappa shape index (κ2) is 5.51. The van der Waals surface area contributed by atoms with Gasteiger partial charge in [0.2, 0.25) is 5.95 Å². The molecule has 0 spiro atoms. The van der Waals surface area contributed by atoms with E-state index in [-0.39, 0.29) is 23.6 Å². The molecule has 2 heterocycles. The second-order valence-corrected chi connectivity index (χ2v) is 4.20. The van der Waals surface area contributed by atoms with Crippen molar-refractivity contribution in [2.24, 2.45) is 5.73 Å². The molecule has 1 amide bonds. The predicted molar refractivity (Wildman–Crippen MR) is 70.8 cm³/mol. The van der Waals surface area contributed by atoms with Gasteiger partial charge in [-0.1, -0.05) is 0 Å². The van der Waals surface area contributed by atoms with Crippen molar-refractivity contribution in [3.8, 4) is 12.0 Å². The summed E-state index contributed by atoms with van der Waals surface area (Å²) in [4.78, 5) is 23.4. The van der Waals surface area contributed by atoms with Crippen LogP contribution in [0.25, 0.3) is 5.95 Å². The van der Waals surface area contributed by atoms with Crippen LogP contribution in [0.15, 0.2) is 12.4 Å². The molecule has 0 aliphatic rings. The number of hydrogen-bond acceptors (Lipinski definition) is 7. The second-order valence-electron chi connectivity index (χ2n) is 4.20. The quantitative estimate of drug-likeness (QED) is 0.788. The van der Waals surface area contributed by atoms with Gasteiger partial charge in [-0.2, -0.15) is 20.1 Å². The van der Waals surface area contributed by atoms with Crippen LogP contribution >= 0.6 is 0 Å². The highest BCUT2D eigenvalue weighted by Crippen LogP contribution is 2.12. The third-order valence-electron chi connectivity index (χ3n) is 2.24. The lowest BCUT2D eigenvalue weighted by Gasteiger charge is -2.09. The first-order chi connectivity index (χ1) is 9.49. The zero-order valence-corrected chi connectivity index (χ0v) is 11.4. The van der Waals surface area contributed by atoms with Gasteiger partial charge >= 0.3 is 6.01 Å². The maximum atomic E-state index is 11.1. The smallest absolute Gasteiger partial charge is 0.323 e. The molecule has 0 unspecified atom stereocenters. The monoisotopic (exact) mass is 277 g/mol. The highest BCUT2D eigenvalue weighted by molar-refractivity contribution is 5.92. The average molecular weight is 277 g/mol. The SMILES string of the molecule is CNc1nc(OC(C)C)nc(-n2cc(C(N)=O)cn2)n1. The number of nitrogens with two attached hydrogens (primary N) is 1. The lowest BCUT2D eigenvalue weighted by Crippen LogP contribution is -2.13. The van der Waals surface area contributed by atoms with E-state index in [0.717, 1.165) is 0 Å². The Morgan fingerprint density at radius 3 is 2.70 bits per heavy atom. The molecule has 0 saturated carbocycles. The molecule has 0 radical (unpaired) electrons. The summed E-state index contributed by atoms with van der Waals surface area (Å²) in [6, 6.07) is 0.172. The van der Waals surface area contributed by atoms with E-state index in [9.17, 15) is 4.79 Å². The molecule has 9 nitrogen and oxygen atoms in total. The number of anilines is 1. The van der Waals surface area contributed by atoms with Gasteiger partial charge in [0.05, 0.1) is 17.9 Å². The fraction of sp³-hybridized carbons (Fsp3) is 0.364. The minimum absolute atomic E-state index is 0.0752. The Bertz CT molecular complexity index is 623. The van der Waals surface area contributed by atoms with Crippen LogP contribution in [0.5, 0.6) is 6.01 Å². The van der Waals surface area contributed by atoms with E-state index in [1.54, 1.807) is 7.05 Å². The Kier molecular flexibility index (Phi) is 3.78. The van der Waals surface area contributed by atoms with Gasteiger partial charge in [0.1, 0.15) is 0 Å². The maximum absolute atomic E-state index is 11.1. The van der Waals surface area contributed by atoms with Gasteiger partial charge in [-0.3, -0.25) is 4.79 Å². The van der Waals surface area contributed by atoms with E-state index in [2.05, 4.69) is 25.4 Å². The van der Waals surface area contributed by atoms with Gasteiger partial charge < -0.3 is 15.8 Å². The van der Waals surface area contributed by atoms with Crippen LogP contribution < -0.4 is 15.8 Å². The fourth-order valence-electron chi connectivity index (χ4n) is 1.38. The number of aromatic nitrogens is 5. The van der Waals surface area contributed by atoms with Crippen LogP contribution in [-0.4, -0.2) is 43.8 Å². The van der Waals surface area contributed by atoms with E-state index < -0.39 is 5.91 Å². The first-order valence-corrected chi connectivity index (χ1v) is 5.95. The van der Waals surface area contributed by atoms with Gasteiger partial charge in [-0.15, -0.1) is 0 Å². The van der Waals surface area contributed by atoms with Gasteiger partial charge in [-0.25, -0.2) is 4.68 Å². The molecule has 106 valence electrons. The fourth-order valence-corrected chi connectivity index (χ4v) is 1.38. The van der Waals surface area contributed by atoms with Gasteiger partial charge in [-0.05, 0) is 13.8 Å². The number of hydrogen-bond donors (Lipinski definition) is 2. The van der Waals surface area contributed by atoms with Crippen molar-refractivity contribution in [2.75, 3.05) is 12.4 Å². The van der Waals surface area contributed by atoms with Crippen LogP contribution in [0.3, 0.4) is 0 Å². The number of ether oxygens (including phenoxy) is 1. The first-order valence-electron chi connectivity index (χ1n) is 5.95. The molecule has 9 heteroatoms. The lowest BCUT2D eigenvalue weighted by atomic mass is 10.4. The van der Waals surface area contributed by atoms with E-state index in [0.29, 0.717) is 5.95 Å². The molecule has 0 aliphatic heterocycles. The number of primary amides is 1. The van der Waals surface area contributed by atoms with Gasteiger partial charge in [0.15, 0.2) is 0 Å². The molecule has 0 atom stereocenters. The van der Waals surface area contributed by atoms with Crippen LogP contribution in [0.1, 0.15) is 24.2 Å². The predicted octanol–water partition coefficient (Wildman–Crippen LogP) is -0.0149. The van der Waals surface area contributed by atoms with Crippen molar-refractivity contribution in [3.05, 3.63) is 18.0 Å². The molecule has 2 aromatic rings. The summed E-state index contributed by atoms with van der Waals surface area (Å²) in [5.74, 6) is -0.00734. The van der Waals surface area contributed by atoms with Crippen molar-refractivity contribution < 1.29 is 9.53 Å². The summed E-state index contributed by atoms with van der Waals surface area (Å²) >= 11 is 0. The van der Waals surface area contributed by atoms with E-state index in [4.69, 9.17) is 10.5 Å². The van der Waals surface area contributed by atoms with Gasteiger partial charge in [0.25, 0.3) is 11.9 Å². The molecule has 2 rings (SSSR count). The van der Waals surface area contributed by atoms with E-state index >= 15 is 0 Å².